The van der Waals surface area contributed by atoms with Crippen LogP contribution in [0.5, 0.6) is 5.88 Å². The quantitative estimate of drug-likeness (QED) is 0.749. The molecule has 0 saturated carbocycles. The summed E-state index contributed by atoms with van der Waals surface area (Å²) < 4.78 is 5.72. The maximum Gasteiger partial charge on any atom is 0.251 e. The molecule has 0 radical (unpaired) electrons. The van der Waals surface area contributed by atoms with Gasteiger partial charge in [0, 0.05) is 30.4 Å². The summed E-state index contributed by atoms with van der Waals surface area (Å²) in [5, 5.41) is 3.13. The van der Waals surface area contributed by atoms with Gasteiger partial charge in [0.1, 0.15) is 6.61 Å². The Labute approximate surface area is 156 Å². The smallest absolute Gasteiger partial charge is 0.251 e. The molecule has 0 fully saturated rings. The van der Waals surface area contributed by atoms with E-state index in [1.54, 1.807) is 18.3 Å². The Morgan fingerprint density at radius 2 is 1.92 bits per heavy atom. The zero-order chi connectivity index (χ0) is 18.9. The minimum Gasteiger partial charge on any atom is -0.473 e. The Balaban J connectivity index is 1.99. The van der Waals surface area contributed by atoms with Crippen LogP contribution in [0.25, 0.3) is 0 Å². The van der Waals surface area contributed by atoms with E-state index in [1.807, 2.05) is 44.4 Å². The van der Waals surface area contributed by atoms with Gasteiger partial charge < -0.3 is 15.0 Å². The number of carbonyl (C=O) groups excluding carboxylic acids is 1. The first-order chi connectivity index (χ1) is 12.4. The lowest BCUT2D eigenvalue weighted by Crippen LogP contribution is -2.42. The number of rotatable bonds is 9. The van der Waals surface area contributed by atoms with E-state index in [-0.39, 0.29) is 11.9 Å². The number of pyridine rings is 1. The number of hydrogen-bond acceptors (Lipinski definition) is 4. The van der Waals surface area contributed by atoms with Gasteiger partial charge in [0.25, 0.3) is 5.91 Å². The molecule has 2 aromatic rings. The predicted molar refractivity (Wildman–Crippen MR) is 104 cm³/mol. The molecule has 1 N–H and O–H groups in total. The normalized spacial score (nSPS) is 12.2. The van der Waals surface area contributed by atoms with Crippen molar-refractivity contribution in [3.63, 3.8) is 0 Å². The fourth-order valence-electron chi connectivity index (χ4n) is 2.82. The van der Waals surface area contributed by atoms with Crippen molar-refractivity contribution in [1.29, 1.82) is 0 Å². The van der Waals surface area contributed by atoms with Crippen LogP contribution in [0.3, 0.4) is 0 Å². The topological polar surface area (TPSA) is 54.5 Å². The molecule has 140 valence electrons. The van der Waals surface area contributed by atoms with Crippen molar-refractivity contribution >= 4 is 5.91 Å². The Hall–Kier alpha value is -2.40. The summed E-state index contributed by atoms with van der Waals surface area (Å²) >= 11 is 0. The molecule has 1 aromatic heterocycles. The van der Waals surface area contributed by atoms with Crippen molar-refractivity contribution in [2.45, 2.75) is 32.9 Å². The highest BCUT2D eigenvalue weighted by molar-refractivity contribution is 5.94. The van der Waals surface area contributed by atoms with E-state index in [0.29, 0.717) is 24.0 Å². The van der Waals surface area contributed by atoms with Crippen molar-refractivity contribution in [3.05, 3.63) is 59.8 Å². The number of benzene rings is 1. The number of aromatic nitrogens is 1. The number of amides is 1. The molecule has 5 nitrogen and oxygen atoms in total. The van der Waals surface area contributed by atoms with Crippen LogP contribution in [0.1, 0.15) is 36.2 Å². The molecule has 0 saturated heterocycles. The summed E-state index contributed by atoms with van der Waals surface area (Å²) in [5.41, 5.74) is 1.63. The van der Waals surface area contributed by atoms with E-state index in [0.717, 1.165) is 18.5 Å². The van der Waals surface area contributed by atoms with E-state index in [4.69, 9.17) is 4.74 Å². The Kier molecular flexibility index (Phi) is 7.60. The molecule has 1 heterocycles. The first-order valence-corrected chi connectivity index (χ1v) is 9.02. The molecular weight excluding hydrogens is 326 g/mol. The second kappa shape index (κ2) is 9.92. The lowest BCUT2D eigenvalue weighted by Gasteiger charge is -2.24. The first kappa shape index (κ1) is 19.9. The highest BCUT2D eigenvalue weighted by Gasteiger charge is 2.16. The number of nitrogens with zero attached hydrogens (tertiary/aromatic N) is 2. The van der Waals surface area contributed by atoms with Crippen LogP contribution >= 0.6 is 0 Å². The van der Waals surface area contributed by atoms with Gasteiger partial charge in [-0.1, -0.05) is 44.2 Å². The molecule has 0 spiro atoms. The molecule has 1 aromatic carbocycles. The van der Waals surface area contributed by atoms with E-state index in [9.17, 15) is 4.79 Å². The van der Waals surface area contributed by atoms with Crippen LogP contribution in [-0.4, -0.2) is 42.5 Å². The van der Waals surface area contributed by atoms with Crippen molar-refractivity contribution < 1.29 is 9.53 Å². The van der Waals surface area contributed by atoms with Crippen LogP contribution in [0, 0.1) is 5.92 Å². The molecule has 26 heavy (non-hydrogen) atoms. The first-order valence-electron chi connectivity index (χ1n) is 9.02. The van der Waals surface area contributed by atoms with Gasteiger partial charge in [-0.2, -0.15) is 0 Å². The monoisotopic (exact) mass is 355 g/mol. The lowest BCUT2D eigenvalue weighted by molar-refractivity contribution is 0.0924. The van der Waals surface area contributed by atoms with Crippen molar-refractivity contribution in [3.8, 4) is 5.88 Å². The predicted octanol–water partition coefficient (Wildman–Crippen LogP) is 3.37. The zero-order valence-electron chi connectivity index (χ0n) is 16.1. The average molecular weight is 355 g/mol. The van der Waals surface area contributed by atoms with Gasteiger partial charge in [0.15, 0.2) is 0 Å². The third-order valence-electron chi connectivity index (χ3n) is 3.90. The number of hydrogen-bond donors (Lipinski definition) is 1. The number of carbonyl (C=O) groups is 1. The Morgan fingerprint density at radius 1 is 1.19 bits per heavy atom. The van der Waals surface area contributed by atoms with E-state index in [1.165, 1.54) is 0 Å². The fourth-order valence-corrected chi connectivity index (χ4v) is 2.82. The van der Waals surface area contributed by atoms with Crippen LogP contribution < -0.4 is 10.1 Å². The van der Waals surface area contributed by atoms with Crippen LogP contribution in [0.4, 0.5) is 0 Å². The summed E-state index contributed by atoms with van der Waals surface area (Å²) in [5.74, 6) is 0.876. The SMILES string of the molecule is CC(C)CC(CN(C)C)NC(=O)c1ccnc(OCc2ccccc2)c1. The summed E-state index contributed by atoms with van der Waals surface area (Å²) in [6.07, 6.45) is 2.55. The van der Waals surface area contributed by atoms with Gasteiger partial charge in [-0.25, -0.2) is 4.98 Å². The van der Waals surface area contributed by atoms with E-state index in [2.05, 4.69) is 29.0 Å². The van der Waals surface area contributed by atoms with Gasteiger partial charge in [0.05, 0.1) is 0 Å². The molecule has 1 unspecified atom stereocenters. The summed E-state index contributed by atoms with van der Waals surface area (Å²) in [6.45, 7) is 5.56. The highest BCUT2D eigenvalue weighted by atomic mass is 16.5. The molecule has 0 aliphatic heterocycles. The third-order valence-corrected chi connectivity index (χ3v) is 3.90. The summed E-state index contributed by atoms with van der Waals surface area (Å²) in [6, 6.07) is 13.4. The van der Waals surface area contributed by atoms with Gasteiger partial charge in [0.2, 0.25) is 5.88 Å². The third kappa shape index (κ3) is 6.84. The van der Waals surface area contributed by atoms with Gasteiger partial charge in [-0.3, -0.25) is 4.79 Å². The van der Waals surface area contributed by atoms with Crippen LogP contribution in [-0.2, 0) is 6.61 Å². The van der Waals surface area contributed by atoms with Crippen molar-refractivity contribution in [2.75, 3.05) is 20.6 Å². The van der Waals surface area contributed by atoms with Crippen molar-refractivity contribution in [1.82, 2.24) is 15.2 Å². The lowest BCUT2D eigenvalue weighted by atomic mass is 10.0. The number of likely N-dealkylation sites (N-methyl/N-ethyl adjacent to an activating group) is 1. The molecule has 1 amide bonds. The molecule has 0 bridgehead atoms. The molecule has 2 rings (SSSR count). The minimum atomic E-state index is -0.0931. The van der Waals surface area contributed by atoms with E-state index >= 15 is 0 Å². The maximum absolute atomic E-state index is 12.6. The standard InChI is InChI=1S/C21H29N3O2/c1-16(2)12-19(14-24(3)4)23-21(25)18-10-11-22-20(13-18)26-15-17-8-6-5-7-9-17/h5-11,13,16,19H,12,14-15H2,1-4H3,(H,23,25). The minimum absolute atomic E-state index is 0.0931. The van der Waals surface area contributed by atoms with Crippen LogP contribution in [0.15, 0.2) is 48.7 Å². The largest absolute Gasteiger partial charge is 0.473 e. The highest BCUT2D eigenvalue weighted by Crippen LogP contribution is 2.13. The number of nitrogens with one attached hydrogen (secondary N) is 1. The summed E-state index contributed by atoms with van der Waals surface area (Å²) in [7, 11) is 4.03. The zero-order valence-corrected chi connectivity index (χ0v) is 16.1. The molecular formula is C21H29N3O2. The van der Waals surface area contributed by atoms with Crippen molar-refractivity contribution in [2.24, 2.45) is 5.92 Å². The Bertz CT molecular complexity index is 677. The molecule has 5 heteroatoms. The molecule has 1 atom stereocenters. The number of ether oxygens (including phenoxy) is 1. The Morgan fingerprint density at radius 3 is 2.58 bits per heavy atom. The van der Waals surface area contributed by atoms with Crippen LogP contribution in [0.2, 0.25) is 0 Å². The van der Waals surface area contributed by atoms with Gasteiger partial charge in [-0.05, 0) is 38.1 Å². The second-order valence-corrected chi connectivity index (χ2v) is 7.22. The van der Waals surface area contributed by atoms with E-state index < -0.39 is 0 Å². The van der Waals surface area contributed by atoms with Gasteiger partial charge in [-0.15, -0.1) is 0 Å². The maximum atomic E-state index is 12.6. The van der Waals surface area contributed by atoms with Gasteiger partial charge >= 0.3 is 0 Å². The molecule has 0 aliphatic carbocycles. The second-order valence-electron chi connectivity index (χ2n) is 7.22. The summed E-state index contributed by atoms with van der Waals surface area (Å²) in [4.78, 5) is 18.9. The fraction of sp³-hybridized carbons (Fsp3) is 0.429. The molecule has 0 aliphatic rings. The average Bonchev–Trinajstić information content (AvgIpc) is 2.60.